The third kappa shape index (κ3) is 4.12. The molecule has 5 nitrogen and oxygen atoms in total. The highest BCUT2D eigenvalue weighted by Crippen LogP contribution is 2.42. The number of Topliss-reactive ketones (excluding diaryl/α,β-unsaturated/α-hetero) is 1. The summed E-state index contributed by atoms with van der Waals surface area (Å²) in [7, 11) is 0. The molecule has 0 aliphatic carbocycles. The van der Waals surface area contributed by atoms with Crippen molar-refractivity contribution < 1.29 is 19.4 Å². The Labute approximate surface area is 191 Å². The monoisotopic (exact) mass is 447 g/mol. The van der Waals surface area contributed by atoms with Gasteiger partial charge in [0, 0.05) is 16.3 Å². The highest BCUT2D eigenvalue weighted by molar-refractivity contribution is 6.51. The molecule has 6 heteroatoms. The molecule has 0 saturated carbocycles. The summed E-state index contributed by atoms with van der Waals surface area (Å²) in [6, 6.07) is 21.9. The Balaban J connectivity index is 1.87. The molecule has 1 heterocycles. The molecule has 0 aromatic heterocycles. The van der Waals surface area contributed by atoms with Crippen molar-refractivity contribution in [2.45, 2.75) is 19.4 Å². The number of para-hydroxylation sites is 1. The Morgan fingerprint density at radius 1 is 1.00 bits per heavy atom. The van der Waals surface area contributed by atoms with Crippen LogP contribution in [0.5, 0.6) is 5.75 Å². The number of carbonyl (C=O) groups excluding carboxylic acids is 2. The van der Waals surface area contributed by atoms with Gasteiger partial charge in [-0.25, -0.2) is 0 Å². The maximum Gasteiger partial charge on any atom is 0.300 e. The van der Waals surface area contributed by atoms with E-state index in [4.69, 9.17) is 16.3 Å². The third-order valence-corrected chi connectivity index (χ3v) is 5.48. The molecule has 0 bridgehead atoms. The van der Waals surface area contributed by atoms with Gasteiger partial charge in [0.05, 0.1) is 18.2 Å². The van der Waals surface area contributed by atoms with Gasteiger partial charge in [-0.15, -0.1) is 0 Å². The number of halogens is 1. The molecule has 1 aliphatic heterocycles. The van der Waals surface area contributed by atoms with Gasteiger partial charge in [-0.2, -0.15) is 0 Å². The minimum atomic E-state index is -0.795. The lowest BCUT2D eigenvalue weighted by atomic mass is 9.95. The van der Waals surface area contributed by atoms with Gasteiger partial charge in [-0.1, -0.05) is 61.0 Å². The van der Waals surface area contributed by atoms with Crippen LogP contribution in [0, 0.1) is 0 Å². The maximum absolute atomic E-state index is 13.1. The molecule has 1 atom stereocenters. The van der Waals surface area contributed by atoms with Crippen molar-refractivity contribution in [2.24, 2.45) is 0 Å². The van der Waals surface area contributed by atoms with E-state index in [1.165, 1.54) is 4.90 Å². The molecule has 1 amide bonds. The van der Waals surface area contributed by atoms with E-state index in [1.807, 2.05) is 25.1 Å². The molecular formula is C26H22ClNO4. The Kier molecular flexibility index (Phi) is 6.28. The van der Waals surface area contributed by atoms with Crippen LogP contribution in [0.25, 0.3) is 5.76 Å². The van der Waals surface area contributed by atoms with Gasteiger partial charge in [-0.05, 0) is 48.4 Å². The van der Waals surface area contributed by atoms with Crippen molar-refractivity contribution in [3.63, 3.8) is 0 Å². The summed E-state index contributed by atoms with van der Waals surface area (Å²) < 4.78 is 5.66. The van der Waals surface area contributed by atoms with Crippen LogP contribution in [0.4, 0.5) is 5.69 Å². The van der Waals surface area contributed by atoms with E-state index in [0.29, 0.717) is 34.2 Å². The molecule has 0 spiro atoms. The second-order valence-corrected chi connectivity index (χ2v) is 7.87. The average molecular weight is 448 g/mol. The number of benzene rings is 3. The zero-order valence-corrected chi connectivity index (χ0v) is 18.3. The Morgan fingerprint density at radius 3 is 2.38 bits per heavy atom. The van der Waals surface area contributed by atoms with Gasteiger partial charge in [0.1, 0.15) is 11.5 Å². The average Bonchev–Trinajstić information content (AvgIpc) is 3.08. The van der Waals surface area contributed by atoms with Gasteiger partial charge in [-0.3, -0.25) is 14.5 Å². The van der Waals surface area contributed by atoms with Crippen molar-refractivity contribution in [1.29, 1.82) is 0 Å². The highest BCUT2D eigenvalue weighted by Gasteiger charge is 2.46. The number of amides is 1. The van der Waals surface area contributed by atoms with Crippen LogP contribution in [0.1, 0.15) is 30.5 Å². The molecular weight excluding hydrogens is 426 g/mol. The fourth-order valence-electron chi connectivity index (χ4n) is 3.76. The number of aliphatic hydroxyl groups excluding tert-OH is 1. The van der Waals surface area contributed by atoms with Gasteiger partial charge in [0.15, 0.2) is 0 Å². The SMILES string of the molecule is CCCOc1ccc(C2/C(=C(/O)c3cccc(Cl)c3)C(=O)C(=O)N2c2ccccc2)cc1. The number of hydrogen-bond acceptors (Lipinski definition) is 4. The van der Waals surface area contributed by atoms with Crippen molar-refractivity contribution in [3.8, 4) is 5.75 Å². The number of rotatable bonds is 6. The van der Waals surface area contributed by atoms with Gasteiger partial charge >= 0.3 is 0 Å². The van der Waals surface area contributed by atoms with E-state index in [0.717, 1.165) is 6.42 Å². The number of ketones is 1. The number of nitrogens with zero attached hydrogens (tertiary/aromatic N) is 1. The summed E-state index contributed by atoms with van der Waals surface area (Å²) in [6.07, 6.45) is 0.884. The summed E-state index contributed by atoms with van der Waals surface area (Å²) in [5.41, 5.74) is 1.64. The Bertz CT molecular complexity index is 1170. The first-order valence-electron chi connectivity index (χ1n) is 10.4. The lowest BCUT2D eigenvalue weighted by molar-refractivity contribution is -0.132. The Morgan fingerprint density at radius 2 is 1.72 bits per heavy atom. The second-order valence-electron chi connectivity index (χ2n) is 7.43. The molecule has 0 radical (unpaired) electrons. The predicted octanol–water partition coefficient (Wildman–Crippen LogP) is 5.76. The zero-order valence-electron chi connectivity index (χ0n) is 17.5. The first kappa shape index (κ1) is 21.7. The van der Waals surface area contributed by atoms with Gasteiger partial charge in [0.2, 0.25) is 0 Å². The smallest absolute Gasteiger partial charge is 0.300 e. The molecule has 162 valence electrons. The fraction of sp³-hybridized carbons (Fsp3) is 0.154. The van der Waals surface area contributed by atoms with E-state index in [1.54, 1.807) is 60.7 Å². The number of anilines is 1. The quantitative estimate of drug-likeness (QED) is 0.296. The summed E-state index contributed by atoms with van der Waals surface area (Å²) in [5, 5.41) is 11.5. The summed E-state index contributed by atoms with van der Waals surface area (Å²) >= 11 is 6.09. The molecule has 1 fully saturated rings. The maximum atomic E-state index is 13.1. The summed E-state index contributed by atoms with van der Waals surface area (Å²) in [5.74, 6) is -1.01. The molecule has 1 saturated heterocycles. The number of ether oxygens (including phenoxy) is 1. The molecule has 4 rings (SSSR count). The molecule has 32 heavy (non-hydrogen) atoms. The molecule has 3 aromatic rings. The van der Waals surface area contributed by atoms with Crippen molar-refractivity contribution in [2.75, 3.05) is 11.5 Å². The largest absolute Gasteiger partial charge is 0.507 e. The molecule has 1 N–H and O–H groups in total. The predicted molar refractivity (Wildman–Crippen MR) is 125 cm³/mol. The van der Waals surface area contributed by atoms with Crippen molar-refractivity contribution in [1.82, 2.24) is 0 Å². The molecule has 3 aromatic carbocycles. The minimum absolute atomic E-state index is 0.0170. The van der Waals surface area contributed by atoms with E-state index >= 15 is 0 Å². The topological polar surface area (TPSA) is 66.8 Å². The van der Waals surface area contributed by atoms with E-state index in [-0.39, 0.29) is 11.3 Å². The van der Waals surface area contributed by atoms with Crippen LogP contribution in [0.3, 0.4) is 0 Å². The first-order valence-corrected chi connectivity index (χ1v) is 10.7. The van der Waals surface area contributed by atoms with Gasteiger partial charge in [0.25, 0.3) is 11.7 Å². The highest BCUT2D eigenvalue weighted by atomic mass is 35.5. The van der Waals surface area contributed by atoms with Crippen LogP contribution < -0.4 is 9.64 Å². The third-order valence-electron chi connectivity index (χ3n) is 5.25. The lowest BCUT2D eigenvalue weighted by Gasteiger charge is -2.25. The van der Waals surface area contributed by atoms with E-state index in [2.05, 4.69) is 0 Å². The van der Waals surface area contributed by atoms with Crippen LogP contribution in [0.2, 0.25) is 5.02 Å². The van der Waals surface area contributed by atoms with Crippen molar-refractivity contribution in [3.05, 3.63) is 101 Å². The molecule has 1 aliphatic rings. The van der Waals surface area contributed by atoms with Crippen LogP contribution in [0.15, 0.2) is 84.4 Å². The summed E-state index contributed by atoms with van der Waals surface area (Å²) in [4.78, 5) is 27.6. The summed E-state index contributed by atoms with van der Waals surface area (Å²) in [6.45, 7) is 2.62. The minimum Gasteiger partial charge on any atom is -0.507 e. The number of aliphatic hydroxyl groups is 1. The van der Waals surface area contributed by atoms with Crippen LogP contribution in [-0.4, -0.2) is 23.4 Å². The first-order chi connectivity index (χ1) is 15.5. The van der Waals surface area contributed by atoms with Gasteiger partial charge < -0.3 is 9.84 Å². The number of carbonyl (C=O) groups is 2. The fourth-order valence-corrected chi connectivity index (χ4v) is 3.95. The zero-order chi connectivity index (χ0) is 22.7. The van der Waals surface area contributed by atoms with E-state index in [9.17, 15) is 14.7 Å². The second kappa shape index (κ2) is 9.28. The molecule has 1 unspecified atom stereocenters. The van der Waals surface area contributed by atoms with Crippen LogP contribution >= 0.6 is 11.6 Å². The lowest BCUT2D eigenvalue weighted by Crippen LogP contribution is -2.29. The van der Waals surface area contributed by atoms with Crippen LogP contribution in [-0.2, 0) is 9.59 Å². The van der Waals surface area contributed by atoms with E-state index < -0.39 is 17.7 Å². The Hall–Kier alpha value is -3.57. The van der Waals surface area contributed by atoms with Crippen molar-refractivity contribution >= 4 is 34.7 Å². The standard InChI is InChI=1S/C26H22ClNO4/c1-2-15-32-21-13-11-17(12-14-21)23-22(24(29)18-7-6-8-19(27)16-18)25(30)26(31)28(23)20-9-4-3-5-10-20/h3-14,16,23,29H,2,15H2,1H3/b24-22-. The number of hydrogen-bond donors (Lipinski definition) is 1. The normalized spacial score (nSPS) is 17.6.